The molecule has 2 aromatic carbocycles. The van der Waals surface area contributed by atoms with Crippen LogP contribution in [0.2, 0.25) is 0 Å². The van der Waals surface area contributed by atoms with Crippen LogP contribution in [-0.4, -0.2) is 47.0 Å². The Balaban J connectivity index is 0.00000256. The number of aliphatic hydroxyl groups is 1. The molecule has 162 valence electrons. The molecule has 4 rings (SSSR count). The van der Waals surface area contributed by atoms with Gasteiger partial charge in [-0.2, -0.15) is 0 Å². The van der Waals surface area contributed by atoms with E-state index in [4.69, 9.17) is 0 Å². The van der Waals surface area contributed by atoms with Gasteiger partial charge in [-0.15, -0.1) is 12.4 Å². The summed E-state index contributed by atoms with van der Waals surface area (Å²) in [5, 5.41) is 13.5. The van der Waals surface area contributed by atoms with E-state index in [0.717, 1.165) is 50.4 Å². The van der Waals surface area contributed by atoms with E-state index in [9.17, 15) is 9.90 Å². The zero-order chi connectivity index (χ0) is 20.2. The number of para-hydroxylation sites is 1. The maximum atomic E-state index is 11.4. The molecule has 1 saturated heterocycles. The lowest BCUT2D eigenvalue weighted by Gasteiger charge is -2.34. The van der Waals surface area contributed by atoms with E-state index in [1.54, 1.807) is 6.92 Å². The van der Waals surface area contributed by atoms with Gasteiger partial charge in [0.25, 0.3) is 0 Å². The molecule has 30 heavy (non-hydrogen) atoms. The highest BCUT2D eigenvalue weighted by Crippen LogP contribution is 2.33. The summed E-state index contributed by atoms with van der Waals surface area (Å²) in [6.07, 6.45) is 2.84. The summed E-state index contributed by atoms with van der Waals surface area (Å²) in [7, 11) is 0. The van der Waals surface area contributed by atoms with Gasteiger partial charge in [0, 0.05) is 32.2 Å². The van der Waals surface area contributed by atoms with Crippen LogP contribution in [0, 0.1) is 5.92 Å². The Labute approximate surface area is 185 Å². The van der Waals surface area contributed by atoms with Crippen LogP contribution >= 0.6 is 12.4 Å². The van der Waals surface area contributed by atoms with Gasteiger partial charge in [-0.3, -0.25) is 9.69 Å². The maximum Gasteiger partial charge on any atom is 0.221 e. The molecular weight excluding hydrogens is 398 g/mol. The van der Waals surface area contributed by atoms with Crippen LogP contribution in [0.3, 0.4) is 0 Å². The monoisotopic (exact) mass is 429 g/mol. The molecule has 0 saturated carbocycles. The zero-order valence-electron chi connectivity index (χ0n) is 17.6. The molecule has 2 aliphatic heterocycles. The largest absolute Gasteiger partial charge is 0.374 e. The SMILES string of the molecule is CC(=O)Nc1ccccc1CCN1CCC(CN2Cc3ccccc3C2O)CC1.Cl. The predicted molar refractivity (Wildman–Crippen MR) is 123 cm³/mol. The van der Waals surface area contributed by atoms with Crippen molar-refractivity contribution in [3.63, 3.8) is 0 Å². The molecule has 2 N–H and O–H groups in total. The predicted octanol–water partition coefficient (Wildman–Crippen LogP) is 3.83. The Kier molecular flexibility index (Phi) is 7.89. The third kappa shape index (κ3) is 5.41. The number of carbonyl (C=O) groups is 1. The summed E-state index contributed by atoms with van der Waals surface area (Å²) < 4.78 is 0. The molecule has 1 atom stereocenters. The Hall–Kier alpha value is -1.92. The molecule has 0 aliphatic carbocycles. The van der Waals surface area contributed by atoms with Gasteiger partial charge in [0.2, 0.25) is 5.91 Å². The number of fused-ring (bicyclic) bond motifs is 1. The number of nitrogens with one attached hydrogen (secondary N) is 1. The Morgan fingerprint density at radius 1 is 1.10 bits per heavy atom. The second-order valence-electron chi connectivity index (χ2n) is 8.38. The first-order valence-electron chi connectivity index (χ1n) is 10.7. The number of anilines is 1. The van der Waals surface area contributed by atoms with E-state index in [0.29, 0.717) is 5.92 Å². The molecule has 2 aromatic rings. The van der Waals surface area contributed by atoms with E-state index in [2.05, 4.69) is 33.3 Å². The van der Waals surface area contributed by atoms with Crippen molar-refractivity contribution in [3.05, 3.63) is 65.2 Å². The summed E-state index contributed by atoms with van der Waals surface area (Å²) in [6, 6.07) is 16.3. The van der Waals surface area contributed by atoms with Crippen LogP contribution in [0.4, 0.5) is 5.69 Å². The summed E-state index contributed by atoms with van der Waals surface area (Å²) in [5.74, 6) is 0.617. The van der Waals surface area contributed by atoms with Gasteiger partial charge < -0.3 is 15.3 Å². The highest BCUT2D eigenvalue weighted by Gasteiger charge is 2.30. The average molecular weight is 430 g/mol. The highest BCUT2D eigenvalue weighted by atomic mass is 35.5. The maximum absolute atomic E-state index is 11.4. The summed E-state index contributed by atoms with van der Waals surface area (Å²) >= 11 is 0. The van der Waals surface area contributed by atoms with Gasteiger partial charge in [-0.1, -0.05) is 42.5 Å². The van der Waals surface area contributed by atoms with Gasteiger partial charge >= 0.3 is 0 Å². The van der Waals surface area contributed by atoms with Gasteiger partial charge in [0.15, 0.2) is 0 Å². The smallest absolute Gasteiger partial charge is 0.221 e. The number of carbonyl (C=O) groups excluding carboxylic acids is 1. The van der Waals surface area contributed by atoms with Crippen molar-refractivity contribution in [2.45, 2.75) is 39.0 Å². The van der Waals surface area contributed by atoms with Crippen LogP contribution in [0.15, 0.2) is 48.5 Å². The minimum absolute atomic E-state index is 0. The summed E-state index contributed by atoms with van der Waals surface area (Å²) in [5.41, 5.74) is 4.46. The number of benzene rings is 2. The average Bonchev–Trinajstić information content (AvgIpc) is 3.04. The lowest BCUT2D eigenvalue weighted by Crippen LogP contribution is -2.39. The second-order valence-corrected chi connectivity index (χ2v) is 8.38. The number of amides is 1. The van der Waals surface area contributed by atoms with Crippen LogP contribution in [0.25, 0.3) is 0 Å². The molecule has 5 nitrogen and oxygen atoms in total. The van der Waals surface area contributed by atoms with Crippen LogP contribution < -0.4 is 5.32 Å². The molecule has 2 heterocycles. The van der Waals surface area contributed by atoms with Crippen LogP contribution in [0.5, 0.6) is 0 Å². The van der Waals surface area contributed by atoms with Gasteiger partial charge in [0.05, 0.1) is 0 Å². The first-order valence-corrected chi connectivity index (χ1v) is 10.7. The Bertz CT molecular complexity index is 852. The molecule has 6 heteroatoms. The van der Waals surface area contributed by atoms with E-state index >= 15 is 0 Å². The Morgan fingerprint density at radius 2 is 1.80 bits per heavy atom. The number of halogens is 1. The number of hydrogen-bond donors (Lipinski definition) is 2. The lowest BCUT2D eigenvalue weighted by molar-refractivity contribution is -0.114. The first-order chi connectivity index (χ1) is 14.1. The molecule has 0 radical (unpaired) electrons. The van der Waals surface area contributed by atoms with E-state index in [1.807, 2.05) is 30.3 Å². The van der Waals surface area contributed by atoms with Crippen molar-refractivity contribution in [1.82, 2.24) is 9.80 Å². The molecule has 1 unspecified atom stereocenters. The number of hydrogen-bond acceptors (Lipinski definition) is 4. The molecular formula is C24H32ClN3O2. The standard InChI is InChI=1S/C24H31N3O2.ClH/c1-18(28)25-23-9-5-3-6-20(23)12-15-26-13-10-19(11-14-26)16-27-17-21-7-2-4-8-22(21)24(27)29;/h2-9,19,24,29H,10-17H2,1H3,(H,25,28);1H. The van der Waals surface area contributed by atoms with Gasteiger partial charge in [-0.05, 0) is 61.0 Å². The second kappa shape index (κ2) is 10.4. The summed E-state index contributed by atoms with van der Waals surface area (Å²) in [6.45, 7) is 6.60. The first kappa shape index (κ1) is 22.8. The third-order valence-corrected chi connectivity index (χ3v) is 6.28. The number of nitrogens with zero attached hydrogens (tertiary/aromatic N) is 2. The fraction of sp³-hybridized carbons (Fsp3) is 0.458. The normalized spacial score (nSPS) is 19.9. The highest BCUT2D eigenvalue weighted by molar-refractivity contribution is 5.89. The number of aliphatic hydroxyl groups excluding tert-OH is 1. The summed E-state index contributed by atoms with van der Waals surface area (Å²) in [4.78, 5) is 16.1. The number of piperidine rings is 1. The molecule has 1 fully saturated rings. The molecule has 0 bridgehead atoms. The van der Waals surface area contributed by atoms with Crippen molar-refractivity contribution in [2.24, 2.45) is 5.92 Å². The fourth-order valence-corrected chi connectivity index (χ4v) is 4.65. The fourth-order valence-electron chi connectivity index (χ4n) is 4.65. The number of likely N-dealkylation sites (tertiary alicyclic amines) is 1. The molecule has 0 spiro atoms. The van der Waals surface area contributed by atoms with Crippen molar-refractivity contribution >= 4 is 24.0 Å². The molecule has 2 aliphatic rings. The van der Waals surface area contributed by atoms with E-state index in [1.165, 1.54) is 24.0 Å². The van der Waals surface area contributed by atoms with Crippen molar-refractivity contribution < 1.29 is 9.90 Å². The molecule has 1 amide bonds. The van der Waals surface area contributed by atoms with Crippen molar-refractivity contribution in [1.29, 1.82) is 0 Å². The Morgan fingerprint density at radius 3 is 2.53 bits per heavy atom. The molecule has 0 aromatic heterocycles. The van der Waals surface area contributed by atoms with Crippen LogP contribution in [0.1, 0.15) is 42.7 Å². The number of rotatable bonds is 6. The lowest BCUT2D eigenvalue weighted by atomic mass is 9.95. The van der Waals surface area contributed by atoms with Crippen molar-refractivity contribution in [3.8, 4) is 0 Å². The van der Waals surface area contributed by atoms with Crippen molar-refractivity contribution in [2.75, 3.05) is 31.5 Å². The third-order valence-electron chi connectivity index (χ3n) is 6.28. The minimum Gasteiger partial charge on any atom is -0.374 e. The van der Waals surface area contributed by atoms with Crippen LogP contribution in [-0.2, 0) is 17.8 Å². The van der Waals surface area contributed by atoms with E-state index < -0.39 is 6.23 Å². The van der Waals surface area contributed by atoms with Gasteiger partial charge in [-0.25, -0.2) is 0 Å². The quantitative estimate of drug-likeness (QED) is 0.732. The van der Waals surface area contributed by atoms with E-state index in [-0.39, 0.29) is 18.3 Å². The minimum atomic E-state index is -0.450. The van der Waals surface area contributed by atoms with Gasteiger partial charge in [0.1, 0.15) is 6.23 Å². The topological polar surface area (TPSA) is 55.8 Å². The zero-order valence-corrected chi connectivity index (χ0v) is 18.4.